The average Bonchev–Trinajstić information content (AvgIpc) is 2.82. The molecule has 2 rings (SSSR count). The van der Waals surface area contributed by atoms with Gasteiger partial charge < -0.3 is 9.15 Å². The first-order valence-electron chi connectivity index (χ1n) is 7.03. The molecule has 2 unspecified atom stereocenters. The van der Waals surface area contributed by atoms with Gasteiger partial charge >= 0.3 is 0 Å². The lowest BCUT2D eigenvalue weighted by atomic mass is 9.79. The van der Waals surface area contributed by atoms with Crippen molar-refractivity contribution in [1.82, 2.24) is 5.43 Å². The van der Waals surface area contributed by atoms with Gasteiger partial charge in [0.25, 0.3) is 0 Å². The van der Waals surface area contributed by atoms with Crippen LogP contribution in [0, 0.1) is 5.92 Å². The number of hydrazine groups is 1. The second-order valence-electron chi connectivity index (χ2n) is 6.57. The second-order valence-corrected chi connectivity index (χ2v) is 6.57. The lowest BCUT2D eigenvalue weighted by molar-refractivity contribution is -0.0779. The highest BCUT2D eigenvalue weighted by molar-refractivity contribution is 5.24. The fraction of sp³-hybridized carbons (Fsp3) is 0.733. The Morgan fingerprint density at radius 2 is 2.11 bits per heavy atom. The van der Waals surface area contributed by atoms with Crippen LogP contribution in [0.2, 0.25) is 0 Å². The van der Waals surface area contributed by atoms with Crippen molar-refractivity contribution in [1.29, 1.82) is 0 Å². The van der Waals surface area contributed by atoms with Gasteiger partial charge in [-0.05, 0) is 40.2 Å². The van der Waals surface area contributed by atoms with Gasteiger partial charge in [0.05, 0.1) is 23.5 Å². The normalized spacial score (nSPS) is 26.5. The summed E-state index contributed by atoms with van der Waals surface area (Å²) >= 11 is 0. The highest BCUT2D eigenvalue weighted by atomic mass is 16.5. The van der Waals surface area contributed by atoms with Crippen molar-refractivity contribution in [3.63, 3.8) is 0 Å². The lowest BCUT2D eigenvalue weighted by Crippen LogP contribution is -2.41. The molecule has 0 saturated carbocycles. The Balaban J connectivity index is 2.33. The van der Waals surface area contributed by atoms with Gasteiger partial charge in [-0.3, -0.25) is 11.3 Å². The molecule has 0 aliphatic carbocycles. The third-order valence-electron chi connectivity index (χ3n) is 4.16. The molecule has 1 aromatic heterocycles. The summed E-state index contributed by atoms with van der Waals surface area (Å²) < 4.78 is 11.7. The third-order valence-corrected chi connectivity index (χ3v) is 4.16. The van der Waals surface area contributed by atoms with Crippen molar-refractivity contribution in [3.05, 3.63) is 23.7 Å². The van der Waals surface area contributed by atoms with E-state index < -0.39 is 0 Å². The van der Waals surface area contributed by atoms with E-state index in [1.807, 2.05) is 6.07 Å². The summed E-state index contributed by atoms with van der Waals surface area (Å²) in [5.74, 6) is 7.15. The SMILES string of the molecule is CCc1occc1C(NN)C1CC(C)(C)OC1(C)C. The number of nitrogens with two attached hydrogens (primary N) is 1. The zero-order valence-corrected chi connectivity index (χ0v) is 12.6. The quantitative estimate of drug-likeness (QED) is 0.650. The number of furan rings is 1. The fourth-order valence-electron chi connectivity index (χ4n) is 3.46. The molecule has 0 spiro atoms. The summed E-state index contributed by atoms with van der Waals surface area (Å²) in [5.41, 5.74) is 3.81. The van der Waals surface area contributed by atoms with E-state index in [0.717, 1.165) is 24.2 Å². The van der Waals surface area contributed by atoms with E-state index >= 15 is 0 Å². The highest BCUT2D eigenvalue weighted by Crippen LogP contribution is 2.48. The number of aryl methyl sites for hydroxylation is 1. The number of ether oxygens (including phenoxy) is 1. The van der Waals surface area contributed by atoms with Gasteiger partial charge in [0.1, 0.15) is 5.76 Å². The Morgan fingerprint density at radius 3 is 2.58 bits per heavy atom. The van der Waals surface area contributed by atoms with Gasteiger partial charge in [0.2, 0.25) is 0 Å². The van der Waals surface area contributed by atoms with E-state index in [-0.39, 0.29) is 17.2 Å². The summed E-state index contributed by atoms with van der Waals surface area (Å²) in [5, 5.41) is 0. The second kappa shape index (κ2) is 4.93. The van der Waals surface area contributed by atoms with Crippen LogP contribution in [0.5, 0.6) is 0 Å². The molecule has 2 heterocycles. The van der Waals surface area contributed by atoms with E-state index in [1.165, 1.54) is 0 Å². The number of rotatable bonds is 4. The van der Waals surface area contributed by atoms with Crippen LogP contribution in [0.1, 0.15) is 58.4 Å². The van der Waals surface area contributed by atoms with E-state index in [9.17, 15) is 0 Å². The first-order valence-corrected chi connectivity index (χ1v) is 7.03. The van der Waals surface area contributed by atoms with Gasteiger partial charge in [-0.2, -0.15) is 0 Å². The zero-order chi connectivity index (χ0) is 14.3. The Labute approximate surface area is 115 Å². The fourth-order valence-corrected chi connectivity index (χ4v) is 3.46. The summed E-state index contributed by atoms with van der Waals surface area (Å²) in [7, 11) is 0. The van der Waals surface area contributed by atoms with Gasteiger partial charge in [-0.25, -0.2) is 0 Å². The Morgan fingerprint density at radius 1 is 1.42 bits per heavy atom. The lowest BCUT2D eigenvalue weighted by Gasteiger charge is -2.32. The number of hydrogen-bond acceptors (Lipinski definition) is 4. The first-order chi connectivity index (χ1) is 8.80. The van der Waals surface area contributed by atoms with E-state index in [4.69, 9.17) is 15.0 Å². The highest BCUT2D eigenvalue weighted by Gasteiger charge is 2.49. The Hall–Kier alpha value is -0.840. The molecule has 4 nitrogen and oxygen atoms in total. The molecule has 0 radical (unpaired) electrons. The van der Waals surface area contributed by atoms with Crippen molar-refractivity contribution < 1.29 is 9.15 Å². The molecule has 4 heteroatoms. The predicted molar refractivity (Wildman–Crippen MR) is 75.5 cm³/mol. The van der Waals surface area contributed by atoms with Gasteiger partial charge in [0.15, 0.2) is 0 Å². The van der Waals surface area contributed by atoms with Gasteiger partial charge in [-0.15, -0.1) is 0 Å². The van der Waals surface area contributed by atoms with Crippen LogP contribution in [0.4, 0.5) is 0 Å². The molecule has 1 aliphatic heterocycles. The molecule has 0 amide bonds. The van der Waals surface area contributed by atoms with Gasteiger partial charge in [-0.1, -0.05) is 6.92 Å². The van der Waals surface area contributed by atoms with Crippen LogP contribution < -0.4 is 11.3 Å². The largest absolute Gasteiger partial charge is 0.469 e. The monoisotopic (exact) mass is 266 g/mol. The summed E-state index contributed by atoms with van der Waals surface area (Å²) in [6, 6.07) is 2.08. The van der Waals surface area contributed by atoms with Crippen LogP contribution in [0.3, 0.4) is 0 Å². The van der Waals surface area contributed by atoms with Crippen molar-refractivity contribution in [2.24, 2.45) is 11.8 Å². The third kappa shape index (κ3) is 2.71. The van der Waals surface area contributed by atoms with Crippen LogP contribution in [-0.2, 0) is 11.2 Å². The van der Waals surface area contributed by atoms with Gasteiger partial charge in [0, 0.05) is 17.9 Å². The summed E-state index contributed by atoms with van der Waals surface area (Å²) in [4.78, 5) is 0. The minimum atomic E-state index is -0.206. The average molecular weight is 266 g/mol. The smallest absolute Gasteiger partial charge is 0.108 e. The molecule has 2 atom stereocenters. The standard InChI is InChI=1S/C15H26N2O2/c1-6-12-10(7-8-18-12)13(17-16)11-9-14(2,3)19-15(11,4)5/h7-8,11,13,17H,6,9,16H2,1-5H3. The van der Waals surface area contributed by atoms with Crippen LogP contribution >= 0.6 is 0 Å². The zero-order valence-electron chi connectivity index (χ0n) is 12.6. The molecule has 1 saturated heterocycles. The van der Waals surface area contributed by atoms with E-state index in [2.05, 4.69) is 40.0 Å². The molecular formula is C15H26N2O2. The Bertz CT molecular complexity index is 437. The predicted octanol–water partition coefficient (Wildman–Crippen LogP) is 2.94. The van der Waals surface area contributed by atoms with Crippen molar-refractivity contribution in [2.75, 3.05) is 0 Å². The van der Waals surface area contributed by atoms with Crippen LogP contribution in [0.15, 0.2) is 16.7 Å². The molecule has 19 heavy (non-hydrogen) atoms. The molecular weight excluding hydrogens is 240 g/mol. The van der Waals surface area contributed by atoms with E-state index in [0.29, 0.717) is 5.92 Å². The van der Waals surface area contributed by atoms with Crippen molar-refractivity contribution in [2.45, 2.75) is 64.7 Å². The topological polar surface area (TPSA) is 60.4 Å². The molecule has 108 valence electrons. The molecule has 1 aliphatic rings. The summed E-state index contributed by atoms with van der Waals surface area (Å²) in [6.07, 6.45) is 3.59. The maximum atomic E-state index is 6.18. The molecule has 0 aromatic carbocycles. The Kier molecular flexibility index (Phi) is 3.78. The number of hydrogen-bond donors (Lipinski definition) is 2. The minimum Gasteiger partial charge on any atom is -0.469 e. The molecule has 0 bridgehead atoms. The first kappa shape index (κ1) is 14.6. The molecule has 1 fully saturated rings. The maximum Gasteiger partial charge on any atom is 0.108 e. The minimum absolute atomic E-state index is 0.0606. The van der Waals surface area contributed by atoms with Crippen molar-refractivity contribution in [3.8, 4) is 0 Å². The van der Waals surface area contributed by atoms with Crippen molar-refractivity contribution >= 4 is 0 Å². The van der Waals surface area contributed by atoms with Crippen LogP contribution in [-0.4, -0.2) is 11.2 Å². The van der Waals surface area contributed by atoms with E-state index in [1.54, 1.807) is 6.26 Å². The molecule has 3 N–H and O–H groups in total. The number of nitrogens with one attached hydrogen (secondary N) is 1. The van der Waals surface area contributed by atoms with Crippen LogP contribution in [0.25, 0.3) is 0 Å². The maximum absolute atomic E-state index is 6.18. The summed E-state index contributed by atoms with van der Waals surface area (Å²) in [6.45, 7) is 10.7. The molecule has 1 aromatic rings.